The lowest BCUT2D eigenvalue weighted by molar-refractivity contribution is -0.136. The molecule has 0 saturated carbocycles. The van der Waals surface area contributed by atoms with Crippen molar-refractivity contribution in [2.45, 2.75) is 18.3 Å². The van der Waals surface area contributed by atoms with Crippen LogP contribution in [0.1, 0.15) is 11.6 Å². The number of hydrogen-bond donors (Lipinski definition) is 1. The van der Waals surface area contributed by atoms with Gasteiger partial charge in [0.15, 0.2) is 0 Å². The Balaban J connectivity index is 2.27. The number of aromatic nitrogens is 2. The summed E-state index contributed by atoms with van der Waals surface area (Å²) in [6.07, 6.45) is -4.45. The zero-order valence-corrected chi connectivity index (χ0v) is 10.7. The molecule has 5 nitrogen and oxygen atoms in total. The Kier molecular flexibility index (Phi) is 3.22. The van der Waals surface area contributed by atoms with Crippen LogP contribution in [0.4, 0.5) is 13.2 Å². The van der Waals surface area contributed by atoms with Crippen molar-refractivity contribution in [3.8, 4) is 0 Å². The van der Waals surface area contributed by atoms with Crippen LogP contribution in [0.2, 0.25) is 0 Å². The fourth-order valence-electron chi connectivity index (χ4n) is 2.45. The summed E-state index contributed by atoms with van der Waals surface area (Å²) in [5.74, 6) is 0. The number of halogens is 3. The predicted molar refractivity (Wildman–Crippen MR) is 66.9 cm³/mol. The molecule has 1 aliphatic rings. The molecular weight excluding hydrogens is 289 g/mol. The van der Waals surface area contributed by atoms with Gasteiger partial charge in [0.1, 0.15) is 6.10 Å². The lowest BCUT2D eigenvalue weighted by atomic mass is 10.1. The van der Waals surface area contributed by atoms with Gasteiger partial charge in [0.05, 0.1) is 42.0 Å². The minimum atomic E-state index is -4.65. The van der Waals surface area contributed by atoms with Gasteiger partial charge in [-0.3, -0.25) is 9.36 Å². The van der Waals surface area contributed by atoms with Crippen LogP contribution in [0.25, 0.3) is 10.9 Å². The van der Waals surface area contributed by atoms with E-state index < -0.39 is 34.8 Å². The monoisotopic (exact) mass is 300 g/mol. The van der Waals surface area contributed by atoms with Gasteiger partial charge >= 0.3 is 6.18 Å². The third-order valence-electron chi connectivity index (χ3n) is 3.50. The number of ether oxygens (including phenoxy) is 1. The fourth-order valence-corrected chi connectivity index (χ4v) is 2.45. The van der Waals surface area contributed by atoms with E-state index in [0.29, 0.717) is 0 Å². The quantitative estimate of drug-likeness (QED) is 0.863. The first-order valence-corrected chi connectivity index (χ1v) is 6.22. The highest BCUT2D eigenvalue weighted by molar-refractivity contribution is 5.81. The maximum absolute atomic E-state index is 13.0. The lowest BCUT2D eigenvalue weighted by Gasteiger charge is -2.17. The number of alkyl halides is 3. The minimum absolute atomic E-state index is 0.0283. The fraction of sp³-hybridized carbons (Fsp3) is 0.385. The first-order chi connectivity index (χ1) is 9.89. The van der Waals surface area contributed by atoms with E-state index in [-0.39, 0.29) is 18.7 Å². The summed E-state index contributed by atoms with van der Waals surface area (Å²) in [6.45, 7) is 0.0957. The average Bonchev–Trinajstić information content (AvgIpc) is 2.84. The van der Waals surface area contributed by atoms with E-state index in [1.54, 1.807) is 0 Å². The molecule has 2 heterocycles. The molecule has 0 unspecified atom stereocenters. The molecule has 2 aromatic rings. The van der Waals surface area contributed by atoms with Crippen molar-refractivity contribution in [1.82, 2.24) is 9.55 Å². The van der Waals surface area contributed by atoms with Crippen molar-refractivity contribution < 1.29 is 23.0 Å². The van der Waals surface area contributed by atoms with Crippen LogP contribution in [0.3, 0.4) is 0 Å². The Labute approximate surface area is 116 Å². The maximum Gasteiger partial charge on any atom is 0.417 e. The molecular formula is C13H11F3N2O3. The van der Waals surface area contributed by atoms with E-state index in [2.05, 4.69) is 4.98 Å². The number of rotatable bonds is 1. The number of fused-ring (bicyclic) bond motifs is 1. The van der Waals surface area contributed by atoms with E-state index in [0.717, 1.165) is 17.0 Å². The van der Waals surface area contributed by atoms with Crippen LogP contribution in [0.5, 0.6) is 0 Å². The molecule has 1 aromatic carbocycles. The molecule has 1 aromatic heterocycles. The number of aliphatic hydroxyl groups is 1. The van der Waals surface area contributed by atoms with E-state index >= 15 is 0 Å². The van der Waals surface area contributed by atoms with E-state index in [1.807, 2.05) is 0 Å². The summed E-state index contributed by atoms with van der Waals surface area (Å²) in [4.78, 5) is 16.3. The highest BCUT2D eigenvalue weighted by atomic mass is 19.4. The second-order valence-electron chi connectivity index (χ2n) is 4.83. The molecule has 21 heavy (non-hydrogen) atoms. The standard InChI is InChI=1S/C13H11F3N2O3/c14-13(15,16)7-2-1-3-8-11(7)12(20)18(6-17-8)9-4-21-5-10(9)19/h1-3,6,9-10,19H,4-5H2/t9-,10-/m0/s1. The van der Waals surface area contributed by atoms with Crippen molar-refractivity contribution >= 4 is 10.9 Å². The third-order valence-corrected chi connectivity index (χ3v) is 3.50. The van der Waals surface area contributed by atoms with Crippen LogP contribution in [-0.2, 0) is 10.9 Å². The van der Waals surface area contributed by atoms with Crippen LogP contribution in [0.15, 0.2) is 29.3 Å². The van der Waals surface area contributed by atoms with Crippen molar-refractivity contribution in [1.29, 1.82) is 0 Å². The molecule has 1 saturated heterocycles. The van der Waals surface area contributed by atoms with Crippen molar-refractivity contribution in [2.24, 2.45) is 0 Å². The minimum Gasteiger partial charge on any atom is -0.388 e. The van der Waals surface area contributed by atoms with Crippen LogP contribution in [-0.4, -0.2) is 34.0 Å². The molecule has 112 valence electrons. The van der Waals surface area contributed by atoms with Crippen LogP contribution in [0, 0.1) is 0 Å². The van der Waals surface area contributed by atoms with E-state index in [9.17, 15) is 23.1 Å². The topological polar surface area (TPSA) is 64.4 Å². The molecule has 1 aliphatic heterocycles. The first kappa shape index (κ1) is 14.0. The zero-order chi connectivity index (χ0) is 15.2. The van der Waals surface area contributed by atoms with Gasteiger partial charge in [-0.1, -0.05) is 6.07 Å². The highest BCUT2D eigenvalue weighted by Gasteiger charge is 2.35. The summed E-state index contributed by atoms with van der Waals surface area (Å²) in [7, 11) is 0. The van der Waals surface area contributed by atoms with Crippen molar-refractivity contribution in [3.63, 3.8) is 0 Å². The summed E-state index contributed by atoms with van der Waals surface area (Å²) >= 11 is 0. The molecule has 0 spiro atoms. The number of benzene rings is 1. The summed E-state index contributed by atoms with van der Waals surface area (Å²) < 4.78 is 45.1. The molecule has 1 fully saturated rings. The molecule has 3 rings (SSSR count). The Hall–Kier alpha value is -1.93. The summed E-state index contributed by atoms with van der Waals surface area (Å²) in [5, 5.41) is 9.24. The number of aliphatic hydroxyl groups excluding tert-OH is 1. The molecule has 8 heteroatoms. The Morgan fingerprint density at radius 3 is 2.71 bits per heavy atom. The average molecular weight is 300 g/mol. The van der Waals surface area contributed by atoms with E-state index in [1.165, 1.54) is 12.1 Å². The molecule has 2 atom stereocenters. The lowest BCUT2D eigenvalue weighted by Crippen LogP contribution is -2.32. The summed E-state index contributed by atoms with van der Waals surface area (Å²) in [6, 6.07) is 2.67. The normalized spacial score (nSPS) is 22.9. The molecule has 0 bridgehead atoms. The number of hydrogen-bond acceptors (Lipinski definition) is 4. The number of nitrogens with zero attached hydrogens (tertiary/aromatic N) is 2. The van der Waals surface area contributed by atoms with Gasteiger partial charge in [0.2, 0.25) is 0 Å². The Morgan fingerprint density at radius 1 is 1.33 bits per heavy atom. The van der Waals surface area contributed by atoms with Gasteiger partial charge < -0.3 is 9.84 Å². The summed E-state index contributed by atoms with van der Waals surface area (Å²) in [5.41, 5.74) is -1.89. The van der Waals surface area contributed by atoms with Gasteiger partial charge in [-0.15, -0.1) is 0 Å². The first-order valence-electron chi connectivity index (χ1n) is 6.22. The Bertz CT molecular complexity index is 741. The zero-order valence-electron chi connectivity index (χ0n) is 10.7. The Morgan fingerprint density at radius 2 is 2.10 bits per heavy atom. The highest BCUT2D eigenvalue weighted by Crippen LogP contribution is 2.33. The maximum atomic E-state index is 13.0. The van der Waals surface area contributed by atoms with Crippen molar-refractivity contribution in [3.05, 3.63) is 40.4 Å². The van der Waals surface area contributed by atoms with E-state index in [4.69, 9.17) is 4.74 Å². The smallest absolute Gasteiger partial charge is 0.388 e. The molecule has 1 N–H and O–H groups in total. The van der Waals surface area contributed by atoms with Crippen LogP contribution >= 0.6 is 0 Å². The largest absolute Gasteiger partial charge is 0.417 e. The second-order valence-corrected chi connectivity index (χ2v) is 4.83. The predicted octanol–water partition coefficient (Wildman–Crippen LogP) is 1.35. The molecule has 0 radical (unpaired) electrons. The molecule has 0 amide bonds. The third kappa shape index (κ3) is 2.30. The second kappa shape index (κ2) is 4.81. The van der Waals surface area contributed by atoms with Crippen molar-refractivity contribution in [2.75, 3.05) is 13.2 Å². The van der Waals surface area contributed by atoms with Gasteiger partial charge in [-0.25, -0.2) is 4.98 Å². The van der Waals surface area contributed by atoms with Gasteiger partial charge in [-0.05, 0) is 12.1 Å². The van der Waals surface area contributed by atoms with Gasteiger partial charge in [0, 0.05) is 0 Å². The van der Waals surface area contributed by atoms with Gasteiger partial charge in [0.25, 0.3) is 5.56 Å². The van der Waals surface area contributed by atoms with Gasteiger partial charge in [-0.2, -0.15) is 13.2 Å². The molecule has 0 aliphatic carbocycles. The SMILES string of the molecule is O=c1c2c(C(F)(F)F)cccc2ncn1[C@H]1COC[C@@H]1O. The van der Waals surface area contributed by atoms with Crippen LogP contribution < -0.4 is 5.56 Å².